The zero-order valence-corrected chi connectivity index (χ0v) is 10.5. The molecule has 0 aromatic carbocycles. The average molecular weight is 239 g/mol. The molecule has 0 aliphatic carbocycles. The van der Waals surface area contributed by atoms with Crippen LogP contribution in [0, 0.1) is 16.7 Å². The third-order valence-corrected chi connectivity index (χ3v) is 3.12. The number of nitrogens with one attached hydrogen (secondary N) is 2. The van der Waals surface area contributed by atoms with Crippen LogP contribution in [-0.2, 0) is 6.54 Å². The zero-order chi connectivity index (χ0) is 12.0. The van der Waals surface area contributed by atoms with Gasteiger partial charge < -0.3 is 10.3 Å². The molecular weight excluding hydrogens is 222 g/mol. The van der Waals surface area contributed by atoms with Crippen LogP contribution in [0.5, 0.6) is 0 Å². The Hall–Kier alpha value is -1.12. The second-order valence-corrected chi connectivity index (χ2v) is 5.44. The molecule has 4 nitrogen and oxygen atoms in total. The number of thiazole rings is 1. The molecule has 0 fully saturated rings. The molecule has 0 atom stereocenters. The lowest BCUT2D eigenvalue weighted by molar-refractivity contribution is 0.317. The van der Waals surface area contributed by atoms with Crippen LogP contribution in [0.1, 0.15) is 32.4 Å². The predicted octanol–water partition coefficient (Wildman–Crippen LogP) is 1.86. The Morgan fingerprint density at radius 2 is 2.38 bits per heavy atom. The fourth-order valence-electron chi connectivity index (χ4n) is 1.42. The molecule has 1 rings (SSSR count). The first kappa shape index (κ1) is 12.9. The molecule has 88 valence electrons. The van der Waals surface area contributed by atoms with Crippen molar-refractivity contribution in [1.82, 2.24) is 10.3 Å². The Bertz CT molecular complexity index is 413. The number of nitriles is 1. The Morgan fingerprint density at radius 1 is 1.62 bits per heavy atom. The highest BCUT2D eigenvalue weighted by molar-refractivity contribution is 7.07. The summed E-state index contributed by atoms with van der Waals surface area (Å²) in [5.74, 6) is 0. The van der Waals surface area contributed by atoms with Crippen LogP contribution in [0.4, 0.5) is 0 Å². The number of hydrogen-bond acceptors (Lipinski definition) is 4. The SMILES string of the molecule is CC(C)(CCC#N)CNCc1csc(=O)[nH]1. The van der Waals surface area contributed by atoms with Crippen LogP contribution in [0.2, 0.25) is 0 Å². The van der Waals surface area contributed by atoms with Crippen molar-refractivity contribution in [3.63, 3.8) is 0 Å². The molecule has 1 aromatic rings. The molecule has 0 saturated heterocycles. The van der Waals surface area contributed by atoms with Crippen LogP contribution in [0.3, 0.4) is 0 Å². The molecule has 1 aromatic heterocycles. The Balaban J connectivity index is 2.29. The van der Waals surface area contributed by atoms with E-state index in [4.69, 9.17) is 5.26 Å². The maximum absolute atomic E-state index is 10.9. The molecule has 0 unspecified atom stereocenters. The Morgan fingerprint density at radius 3 is 2.94 bits per heavy atom. The molecule has 0 aliphatic rings. The van der Waals surface area contributed by atoms with Crippen LogP contribution in [-0.4, -0.2) is 11.5 Å². The standard InChI is InChI=1S/C11H17N3OS/c1-11(2,4-3-5-12)8-13-6-9-7-16-10(15)14-9/h7,13H,3-4,6,8H2,1-2H3,(H,14,15). The van der Waals surface area contributed by atoms with Gasteiger partial charge in [-0.1, -0.05) is 25.2 Å². The summed E-state index contributed by atoms with van der Waals surface area (Å²) in [5.41, 5.74) is 1.04. The number of hydrogen-bond donors (Lipinski definition) is 2. The van der Waals surface area contributed by atoms with E-state index in [0.717, 1.165) is 18.7 Å². The first-order valence-electron chi connectivity index (χ1n) is 5.28. The lowest BCUT2D eigenvalue weighted by atomic mass is 9.88. The van der Waals surface area contributed by atoms with Gasteiger partial charge in [0.25, 0.3) is 0 Å². The van der Waals surface area contributed by atoms with Crippen molar-refractivity contribution in [3.8, 4) is 6.07 Å². The Kier molecular flexibility index (Phi) is 4.71. The minimum atomic E-state index is -0.0134. The highest BCUT2D eigenvalue weighted by Gasteiger charge is 2.16. The summed E-state index contributed by atoms with van der Waals surface area (Å²) < 4.78 is 0. The molecular formula is C11H17N3OS. The number of aromatic nitrogens is 1. The quantitative estimate of drug-likeness (QED) is 0.796. The number of rotatable bonds is 6. The smallest absolute Gasteiger partial charge is 0.304 e. The summed E-state index contributed by atoms with van der Waals surface area (Å²) in [6, 6.07) is 2.16. The van der Waals surface area contributed by atoms with Crippen LogP contribution in [0.15, 0.2) is 10.2 Å². The number of nitrogens with zero attached hydrogens (tertiary/aromatic N) is 1. The first-order chi connectivity index (χ1) is 7.53. The minimum Gasteiger partial charge on any atom is -0.315 e. The van der Waals surface area contributed by atoms with E-state index in [9.17, 15) is 4.79 Å². The summed E-state index contributed by atoms with van der Waals surface area (Å²) in [5, 5.41) is 13.6. The fourth-order valence-corrected chi connectivity index (χ4v) is 2.00. The van der Waals surface area contributed by atoms with Crippen molar-refractivity contribution >= 4 is 11.3 Å². The third-order valence-electron chi connectivity index (χ3n) is 2.40. The van der Waals surface area contributed by atoms with Crippen LogP contribution >= 0.6 is 11.3 Å². The average Bonchev–Trinajstić information content (AvgIpc) is 2.61. The number of aromatic amines is 1. The van der Waals surface area contributed by atoms with Gasteiger partial charge in [-0.05, 0) is 11.8 Å². The van der Waals surface area contributed by atoms with Gasteiger partial charge in [0.1, 0.15) is 0 Å². The second-order valence-electron chi connectivity index (χ2n) is 4.60. The van der Waals surface area contributed by atoms with Gasteiger partial charge >= 0.3 is 4.87 Å². The summed E-state index contributed by atoms with van der Waals surface area (Å²) in [4.78, 5) is 13.6. The molecule has 0 aliphatic heterocycles. The highest BCUT2D eigenvalue weighted by Crippen LogP contribution is 2.20. The molecule has 0 bridgehead atoms. The summed E-state index contributed by atoms with van der Waals surface area (Å²) in [6.45, 7) is 5.78. The molecule has 16 heavy (non-hydrogen) atoms. The fraction of sp³-hybridized carbons (Fsp3) is 0.636. The van der Waals surface area contributed by atoms with Gasteiger partial charge in [-0.15, -0.1) is 0 Å². The van der Waals surface area contributed by atoms with Gasteiger partial charge in [0.05, 0.1) is 6.07 Å². The van der Waals surface area contributed by atoms with Gasteiger partial charge in [0, 0.05) is 30.6 Å². The molecule has 5 heteroatoms. The van der Waals surface area contributed by atoms with Gasteiger partial charge in [-0.25, -0.2) is 0 Å². The minimum absolute atomic E-state index is 0.0134. The van der Waals surface area contributed by atoms with Crippen molar-refractivity contribution in [3.05, 3.63) is 20.7 Å². The summed E-state index contributed by atoms with van der Waals surface area (Å²) in [6.07, 6.45) is 1.47. The number of H-pyrrole nitrogens is 1. The predicted molar refractivity (Wildman–Crippen MR) is 65.3 cm³/mol. The van der Waals surface area contributed by atoms with Gasteiger partial charge in [0.15, 0.2) is 0 Å². The van der Waals surface area contributed by atoms with Gasteiger partial charge in [-0.2, -0.15) is 5.26 Å². The van der Waals surface area contributed by atoms with Crippen LogP contribution in [0.25, 0.3) is 0 Å². The van der Waals surface area contributed by atoms with E-state index in [2.05, 4.69) is 30.2 Å². The normalized spacial score (nSPS) is 11.3. The van der Waals surface area contributed by atoms with Crippen molar-refractivity contribution in [2.24, 2.45) is 5.41 Å². The highest BCUT2D eigenvalue weighted by atomic mass is 32.1. The summed E-state index contributed by atoms with van der Waals surface area (Å²) >= 11 is 1.18. The van der Waals surface area contributed by atoms with Crippen molar-refractivity contribution in [2.45, 2.75) is 33.2 Å². The summed E-state index contributed by atoms with van der Waals surface area (Å²) in [7, 11) is 0. The molecule has 0 amide bonds. The van der Waals surface area contributed by atoms with Gasteiger partial charge in [-0.3, -0.25) is 4.79 Å². The molecule has 0 spiro atoms. The van der Waals surface area contributed by atoms with E-state index in [1.807, 2.05) is 5.38 Å². The Labute approximate surface area is 99.3 Å². The molecule has 0 radical (unpaired) electrons. The maximum Gasteiger partial charge on any atom is 0.304 e. The second kappa shape index (κ2) is 5.83. The first-order valence-corrected chi connectivity index (χ1v) is 6.16. The lowest BCUT2D eigenvalue weighted by Crippen LogP contribution is -2.29. The largest absolute Gasteiger partial charge is 0.315 e. The van der Waals surface area contributed by atoms with E-state index in [1.54, 1.807) is 0 Å². The van der Waals surface area contributed by atoms with Crippen molar-refractivity contribution < 1.29 is 0 Å². The van der Waals surface area contributed by atoms with Crippen LogP contribution < -0.4 is 10.2 Å². The maximum atomic E-state index is 10.9. The lowest BCUT2D eigenvalue weighted by Gasteiger charge is -2.23. The monoisotopic (exact) mass is 239 g/mol. The molecule has 2 N–H and O–H groups in total. The zero-order valence-electron chi connectivity index (χ0n) is 9.67. The van der Waals surface area contributed by atoms with E-state index in [-0.39, 0.29) is 10.3 Å². The molecule has 0 saturated carbocycles. The third kappa shape index (κ3) is 4.60. The van der Waals surface area contributed by atoms with E-state index >= 15 is 0 Å². The van der Waals surface area contributed by atoms with Crippen molar-refractivity contribution in [2.75, 3.05) is 6.54 Å². The topological polar surface area (TPSA) is 68.7 Å². The van der Waals surface area contributed by atoms with E-state index in [0.29, 0.717) is 13.0 Å². The van der Waals surface area contributed by atoms with E-state index in [1.165, 1.54) is 11.3 Å². The van der Waals surface area contributed by atoms with Crippen molar-refractivity contribution in [1.29, 1.82) is 5.26 Å². The molecule has 1 heterocycles. The van der Waals surface area contributed by atoms with Gasteiger partial charge in [0.2, 0.25) is 0 Å². The van der Waals surface area contributed by atoms with E-state index < -0.39 is 0 Å².